The van der Waals surface area contributed by atoms with Crippen LogP contribution in [0, 0.1) is 5.82 Å². The number of carboxylic acids is 1. The molecule has 1 fully saturated rings. The van der Waals surface area contributed by atoms with E-state index in [-0.39, 0.29) is 11.3 Å². The van der Waals surface area contributed by atoms with Crippen LogP contribution in [0.5, 0.6) is 0 Å². The molecule has 1 atom stereocenters. The third-order valence-electron chi connectivity index (χ3n) is 2.69. The Kier molecular flexibility index (Phi) is 3.57. The van der Waals surface area contributed by atoms with Crippen molar-refractivity contribution < 1.29 is 23.8 Å². The van der Waals surface area contributed by atoms with Crippen LogP contribution >= 0.6 is 0 Å². The van der Waals surface area contributed by atoms with E-state index >= 15 is 0 Å². The molecule has 0 radical (unpaired) electrons. The third-order valence-corrected chi connectivity index (χ3v) is 2.69. The number of hydrogen-bond donors (Lipinski definition) is 2. The van der Waals surface area contributed by atoms with Gasteiger partial charge >= 0.3 is 5.97 Å². The van der Waals surface area contributed by atoms with Gasteiger partial charge in [0.2, 0.25) is 0 Å². The number of halogens is 1. The lowest BCUT2D eigenvalue weighted by atomic mass is 10.1. The summed E-state index contributed by atoms with van der Waals surface area (Å²) in [5, 5.41) is 11.3. The van der Waals surface area contributed by atoms with Crippen LogP contribution in [-0.2, 0) is 9.53 Å². The zero-order valence-electron chi connectivity index (χ0n) is 9.48. The molecule has 1 unspecified atom stereocenters. The third kappa shape index (κ3) is 2.65. The Bertz CT molecular complexity index is 483. The second-order valence-electron chi connectivity index (χ2n) is 3.99. The van der Waals surface area contributed by atoms with Crippen molar-refractivity contribution in [2.75, 3.05) is 11.9 Å². The fourth-order valence-electron chi connectivity index (χ4n) is 1.80. The average Bonchev–Trinajstić information content (AvgIpc) is 2.81. The first-order valence-electron chi connectivity index (χ1n) is 5.53. The van der Waals surface area contributed by atoms with Crippen LogP contribution in [0.3, 0.4) is 0 Å². The number of amides is 1. The molecule has 2 N–H and O–H groups in total. The Balaban J connectivity index is 2.19. The predicted molar refractivity (Wildman–Crippen MR) is 61.0 cm³/mol. The minimum Gasteiger partial charge on any atom is -0.478 e. The molecule has 1 amide bonds. The first-order valence-corrected chi connectivity index (χ1v) is 5.53. The highest BCUT2D eigenvalue weighted by atomic mass is 19.1. The molecule has 18 heavy (non-hydrogen) atoms. The minimum atomic E-state index is -1.22. The minimum absolute atomic E-state index is 0.0528. The van der Waals surface area contributed by atoms with Gasteiger partial charge in [-0.2, -0.15) is 0 Å². The zero-order valence-corrected chi connectivity index (χ0v) is 9.48. The van der Waals surface area contributed by atoms with Crippen molar-refractivity contribution >= 4 is 17.6 Å². The fraction of sp³-hybridized carbons (Fsp3) is 0.333. The van der Waals surface area contributed by atoms with Gasteiger partial charge in [0.25, 0.3) is 5.91 Å². The van der Waals surface area contributed by atoms with E-state index < -0.39 is 23.8 Å². The highest BCUT2D eigenvalue weighted by molar-refractivity contribution is 6.01. The van der Waals surface area contributed by atoms with Crippen LogP contribution in [0.4, 0.5) is 10.1 Å². The molecule has 1 aliphatic heterocycles. The van der Waals surface area contributed by atoms with Gasteiger partial charge in [-0.3, -0.25) is 4.79 Å². The summed E-state index contributed by atoms with van der Waals surface area (Å²) in [6.45, 7) is 0.507. The molecule has 1 saturated heterocycles. The number of carbonyl (C=O) groups excluding carboxylic acids is 1. The van der Waals surface area contributed by atoms with Gasteiger partial charge in [-0.1, -0.05) is 0 Å². The van der Waals surface area contributed by atoms with E-state index in [0.717, 1.165) is 24.6 Å². The maximum Gasteiger partial charge on any atom is 0.337 e. The number of carboxylic acid groups (broad SMARTS) is 1. The number of hydrogen-bond acceptors (Lipinski definition) is 3. The van der Waals surface area contributed by atoms with Crippen molar-refractivity contribution in [2.45, 2.75) is 18.9 Å². The summed E-state index contributed by atoms with van der Waals surface area (Å²) in [5.41, 5.74) is -0.203. The molecule has 1 aromatic carbocycles. The summed E-state index contributed by atoms with van der Waals surface area (Å²) < 4.78 is 18.2. The van der Waals surface area contributed by atoms with E-state index in [1.165, 1.54) is 0 Å². The topological polar surface area (TPSA) is 75.6 Å². The molecular weight excluding hydrogens is 241 g/mol. The van der Waals surface area contributed by atoms with Crippen molar-refractivity contribution in [3.63, 3.8) is 0 Å². The number of rotatable bonds is 3. The van der Waals surface area contributed by atoms with Crippen LogP contribution in [0.1, 0.15) is 23.2 Å². The Morgan fingerprint density at radius 3 is 2.83 bits per heavy atom. The van der Waals surface area contributed by atoms with Crippen LogP contribution in [0.25, 0.3) is 0 Å². The van der Waals surface area contributed by atoms with Gasteiger partial charge in [-0.25, -0.2) is 9.18 Å². The van der Waals surface area contributed by atoms with E-state index in [2.05, 4.69) is 5.32 Å². The van der Waals surface area contributed by atoms with Crippen molar-refractivity contribution in [2.24, 2.45) is 0 Å². The van der Waals surface area contributed by atoms with E-state index in [9.17, 15) is 14.0 Å². The first-order chi connectivity index (χ1) is 8.58. The Labute approximate surface area is 103 Å². The van der Waals surface area contributed by atoms with E-state index in [4.69, 9.17) is 9.84 Å². The lowest BCUT2D eigenvalue weighted by Crippen LogP contribution is -2.27. The molecular formula is C12H12FNO4. The smallest absolute Gasteiger partial charge is 0.337 e. The van der Waals surface area contributed by atoms with Gasteiger partial charge in [0.1, 0.15) is 11.9 Å². The lowest BCUT2D eigenvalue weighted by Gasteiger charge is -2.12. The zero-order chi connectivity index (χ0) is 13.1. The molecule has 5 nitrogen and oxygen atoms in total. The summed E-state index contributed by atoms with van der Waals surface area (Å²) in [6, 6.07) is 3.13. The highest BCUT2D eigenvalue weighted by Gasteiger charge is 2.24. The molecule has 6 heteroatoms. The monoisotopic (exact) mass is 253 g/mol. The predicted octanol–water partition coefficient (Wildman–Crippen LogP) is 1.64. The Morgan fingerprint density at radius 2 is 2.22 bits per heavy atom. The van der Waals surface area contributed by atoms with Crippen molar-refractivity contribution in [1.29, 1.82) is 0 Å². The maximum atomic E-state index is 13.1. The standard InChI is InChI=1S/C12H12FNO4/c13-7-3-4-8(12(16)17)9(6-7)14-11(15)10-2-1-5-18-10/h3-4,6,10H,1-2,5H2,(H,14,15)(H,16,17). The quantitative estimate of drug-likeness (QED) is 0.858. The molecule has 2 rings (SSSR count). The van der Waals surface area contributed by atoms with Gasteiger partial charge in [-0.05, 0) is 31.0 Å². The lowest BCUT2D eigenvalue weighted by molar-refractivity contribution is -0.124. The molecule has 0 bridgehead atoms. The molecule has 0 aromatic heterocycles. The van der Waals surface area contributed by atoms with Crippen molar-refractivity contribution in [3.8, 4) is 0 Å². The van der Waals surface area contributed by atoms with E-state index in [1.54, 1.807) is 0 Å². The summed E-state index contributed by atoms with van der Waals surface area (Å²) in [4.78, 5) is 22.7. The van der Waals surface area contributed by atoms with E-state index in [0.29, 0.717) is 13.0 Å². The number of nitrogens with one attached hydrogen (secondary N) is 1. The fourth-order valence-corrected chi connectivity index (χ4v) is 1.80. The second kappa shape index (κ2) is 5.14. The normalized spacial score (nSPS) is 18.6. The SMILES string of the molecule is O=C(O)c1ccc(F)cc1NC(=O)C1CCCO1. The number of ether oxygens (including phenoxy) is 1. The average molecular weight is 253 g/mol. The molecule has 0 saturated carbocycles. The van der Waals surface area contributed by atoms with Gasteiger partial charge in [0.15, 0.2) is 0 Å². The molecule has 0 spiro atoms. The summed E-state index contributed by atoms with van der Waals surface area (Å²) >= 11 is 0. The van der Waals surface area contributed by atoms with Gasteiger partial charge in [0.05, 0.1) is 11.3 Å². The van der Waals surface area contributed by atoms with Gasteiger partial charge < -0.3 is 15.2 Å². The van der Waals surface area contributed by atoms with Crippen LogP contribution in [0.2, 0.25) is 0 Å². The van der Waals surface area contributed by atoms with E-state index in [1.807, 2.05) is 0 Å². The van der Waals surface area contributed by atoms with Crippen molar-refractivity contribution in [1.82, 2.24) is 0 Å². The Morgan fingerprint density at radius 1 is 1.44 bits per heavy atom. The van der Waals surface area contributed by atoms with Crippen LogP contribution in [0.15, 0.2) is 18.2 Å². The summed E-state index contributed by atoms with van der Waals surface area (Å²) in [7, 11) is 0. The molecule has 1 heterocycles. The van der Waals surface area contributed by atoms with Crippen LogP contribution in [-0.4, -0.2) is 29.7 Å². The molecule has 1 aliphatic rings. The summed E-state index contributed by atoms with van der Waals surface area (Å²) in [5.74, 6) is -2.28. The number of carbonyl (C=O) groups is 2. The molecule has 0 aliphatic carbocycles. The maximum absolute atomic E-state index is 13.1. The number of benzene rings is 1. The first kappa shape index (κ1) is 12.5. The highest BCUT2D eigenvalue weighted by Crippen LogP contribution is 2.20. The van der Waals surface area contributed by atoms with Gasteiger partial charge in [0, 0.05) is 6.61 Å². The summed E-state index contributed by atoms with van der Waals surface area (Å²) in [6.07, 6.45) is 0.784. The second-order valence-corrected chi connectivity index (χ2v) is 3.99. The molecule has 96 valence electrons. The number of anilines is 1. The van der Waals surface area contributed by atoms with Crippen LogP contribution < -0.4 is 5.32 Å². The van der Waals surface area contributed by atoms with Crippen molar-refractivity contribution in [3.05, 3.63) is 29.6 Å². The van der Waals surface area contributed by atoms with Gasteiger partial charge in [-0.15, -0.1) is 0 Å². The Hall–Kier alpha value is -1.95. The molecule has 1 aromatic rings. The number of aromatic carboxylic acids is 1. The largest absolute Gasteiger partial charge is 0.478 e.